The van der Waals surface area contributed by atoms with E-state index < -0.39 is 0 Å². The molecule has 0 atom stereocenters. The minimum Gasteiger partial charge on any atom is -0.352 e. The highest BCUT2D eigenvalue weighted by Crippen LogP contribution is 2.60. The molecule has 0 radical (unpaired) electrons. The Morgan fingerprint density at radius 1 is 0.939 bits per heavy atom. The maximum atomic E-state index is 13.4. The zero-order chi connectivity index (χ0) is 22.4. The zero-order valence-electron chi connectivity index (χ0n) is 19.4. The predicted molar refractivity (Wildman–Crippen MR) is 129 cm³/mol. The van der Waals surface area contributed by atoms with Gasteiger partial charge in [0.05, 0.1) is 0 Å². The van der Waals surface area contributed by atoms with E-state index in [4.69, 9.17) is 0 Å². The highest BCUT2D eigenvalue weighted by atomic mass is 16.2. The molecule has 0 spiro atoms. The third-order valence-corrected chi connectivity index (χ3v) is 8.79. The molecule has 4 bridgehead atoms. The third-order valence-electron chi connectivity index (χ3n) is 8.79. The summed E-state index contributed by atoms with van der Waals surface area (Å²) < 4.78 is 0. The van der Waals surface area contributed by atoms with Gasteiger partial charge in [-0.25, -0.2) is 0 Å². The van der Waals surface area contributed by atoms with Crippen molar-refractivity contribution in [3.63, 3.8) is 0 Å². The summed E-state index contributed by atoms with van der Waals surface area (Å²) in [6.07, 6.45) is 9.04. The summed E-state index contributed by atoms with van der Waals surface area (Å²) in [5, 5.41) is 3.35. The Balaban J connectivity index is 1.14. The summed E-state index contributed by atoms with van der Waals surface area (Å²) in [4.78, 5) is 27.3. The summed E-state index contributed by atoms with van der Waals surface area (Å²) in [7, 11) is 0. The van der Waals surface area contributed by atoms with Crippen LogP contribution in [0.1, 0.15) is 62.5 Å². The zero-order valence-corrected chi connectivity index (χ0v) is 19.4. The topological polar surface area (TPSA) is 49.4 Å². The monoisotopic (exact) mass is 442 g/mol. The standard InChI is InChI=1S/C29H34N2O2/c32-27-6-3-11-31(27)19-20-7-9-24(10-8-20)26-5-2-1-4-25(26)18-30-28(33)29-15-21-12-22(16-29)14-23(13-21)17-29/h1-2,4-5,7-10,21-23H,3,6,11-19H2,(H,30,33). The SMILES string of the molecule is O=C1CCCN1Cc1ccc(-c2ccccc2CNC(=O)C23CC4CC(CC(C4)C2)C3)cc1. The first kappa shape index (κ1) is 20.9. The Morgan fingerprint density at radius 3 is 2.24 bits per heavy atom. The summed E-state index contributed by atoms with van der Waals surface area (Å²) >= 11 is 0. The van der Waals surface area contributed by atoms with E-state index in [0.717, 1.165) is 61.1 Å². The Kier molecular flexibility index (Phi) is 5.27. The van der Waals surface area contributed by atoms with Gasteiger partial charge in [0.15, 0.2) is 0 Å². The summed E-state index contributed by atoms with van der Waals surface area (Å²) in [5.41, 5.74) is 4.57. The molecule has 172 valence electrons. The minimum atomic E-state index is -0.0989. The fraction of sp³-hybridized carbons (Fsp3) is 0.517. The number of amides is 2. The van der Waals surface area contributed by atoms with E-state index in [2.05, 4.69) is 53.8 Å². The molecule has 1 saturated heterocycles. The van der Waals surface area contributed by atoms with Crippen LogP contribution in [-0.4, -0.2) is 23.3 Å². The van der Waals surface area contributed by atoms with Crippen LogP contribution in [0.3, 0.4) is 0 Å². The first-order valence-electron chi connectivity index (χ1n) is 12.8. The largest absolute Gasteiger partial charge is 0.352 e. The molecule has 2 aromatic rings. The Bertz CT molecular complexity index is 1020. The number of hydrogen-bond donors (Lipinski definition) is 1. The molecule has 2 amide bonds. The second-order valence-electron chi connectivity index (χ2n) is 11.2. The van der Waals surface area contributed by atoms with Crippen molar-refractivity contribution < 1.29 is 9.59 Å². The molecule has 4 saturated carbocycles. The van der Waals surface area contributed by atoms with Gasteiger partial charge in [0.1, 0.15) is 0 Å². The highest BCUT2D eigenvalue weighted by Gasteiger charge is 2.54. The molecule has 0 unspecified atom stereocenters. The number of carbonyl (C=O) groups excluding carboxylic acids is 2. The molecule has 33 heavy (non-hydrogen) atoms. The quantitative estimate of drug-likeness (QED) is 0.659. The average molecular weight is 443 g/mol. The number of hydrogen-bond acceptors (Lipinski definition) is 2. The maximum absolute atomic E-state index is 13.4. The smallest absolute Gasteiger partial charge is 0.226 e. The fourth-order valence-electron chi connectivity index (χ4n) is 7.59. The number of carbonyl (C=O) groups is 2. The Labute approximate surface area is 196 Å². The van der Waals surface area contributed by atoms with E-state index in [-0.39, 0.29) is 11.3 Å². The summed E-state index contributed by atoms with van der Waals surface area (Å²) in [6.45, 7) is 2.15. The van der Waals surface area contributed by atoms with E-state index in [9.17, 15) is 9.59 Å². The number of rotatable bonds is 6. The molecular weight excluding hydrogens is 408 g/mol. The Morgan fingerprint density at radius 2 is 1.61 bits per heavy atom. The average Bonchev–Trinajstić information content (AvgIpc) is 3.21. The number of nitrogens with one attached hydrogen (secondary N) is 1. The molecule has 1 heterocycles. The van der Waals surface area contributed by atoms with Gasteiger partial charge in [-0.05, 0) is 85.0 Å². The van der Waals surface area contributed by atoms with Crippen molar-refractivity contribution >= 4 is 11.8 Å². The van der Waals surface area contributed by atoms with E-state index in [1.165, 1.54) is 30.4 Å². The predicted octanol–water partition coefficient (Wildman–Crippen LogP) is 5.31. The van der Waals surface area contributed by atoms with Crippen molar-refractivity contribution in [3.05, 3.63) is 59.7 Å². The van der Waals surface area contributed by atoms with Crippen molar-refractivity contribution in [2.75, 3.05) is 6.54 Å². The van der Waals surface area contributed by atoms with Gasteiger partial charge < -0.3 is 10.2 Å². The molecule has 5 fully saturated rings. The molecule has 1 N–H and O–H groups in total. The molecule has 4 heteroatoms. The number of benzene rings is 2. The van der Waals surface area contributed by atoms with Crippen LogP contribution in [0.15, 0.2) is 48.5 Å². The van der Waals surface area contributed by atoms with Crippen LogP contribution in [0.25, 0.3) is 11.1 Å². The van der Waals surface area contributed by atoms with Crippen LogP contribution in [0.5, 0.6) is 0 Å². The summed E-state index contributed by atoms with van der Waals surface area (Å²) in [6, 6.07) is 17.0. The number of likely N-dealkylation sites (tertiary alicyclic amines) is 1. The van der Waals surface area contributed by atoms with E-state index in [1.54, 1.807) is 0 Å². The molecule has 2 aromatic carbocycles. The molecule has 7 rings (SSSR count). The third kappa shape index (κ3) is 3.98. The second-order valence-corrected chi connectivity index (χ2v) is 11.2. The van der Waals surface area contributed by atoms with Crippen LogP contribution in [0, 0.1) is 23.2 Å². The van der Waals surface area contributed by atoms with Gasteiger partial charge in [-0.15, -0.1) is 0 Å². The normalized spacial score (nSPS) is 30.1. The van der Waals surface area contributed by atoms with Crippen molar-refractivity contribution in [2.24, 2.45) is 23.2 Å². The lowest BCUT2D eigenvalue weighted by Gasteiger charge is -2.55. The van der Waals surface area contributed by atoms with Crippen LogP contribution in [-0.2, 0) is 22.7 Å². The van der Waals surface area contributed by atoms with E-state index in [0.29, 0.717) is 25.4 Å². The van der Waals surface area contributed by atoms with Crippen molar-refractivity contribution in [2.45, 2.75) is 64.5 Å². The van der Waals surface area contributed by atoms with Crippen LogP contribution >= 0.6 is 0 Å². The molecule has 1 aliphatic heterocycles. The first-order chi connectivity index (χ1) is 16.1. The van der Waals surface area contributed by atoms with Gasteiger partial charge in [0, 0.05) is 31.5 Å². The highest BCUT2D eigenvalue weighted by molar-refractivity contribution is 5.83. The van der Waals surface area contributed by atoms with E-state index in [1.807, 2.05) is 4.90 Å². The van der Waals surface area contributed by atoms with E-state index >= 15 is 0 Å². The van der Waals surface area contributed by atoms with Gasteiger partial charge >= 0.3 is 0 Å². The molecule has 4 nitrogen and oxygen atoms in total. The van der Waals surface area contributed by atoms with Crippen molar-refractivity contribution in [1.29, 1.82) is 0 Å². The fourth-order valence-corrected chi connectivity index (χ4v) is 7.59. The van der Waals surface area contributed by atoms with Crippen LogP contribution in [0.4, 0.5) is 0 Å². The molecular formula is C29H34N2O2. The first-order valence-corrected chi connectivity index (χ1v) is 12.8. The summed E-state index contributed by atoms with van der Waals surface area (Å²) in [5.74, 6) is 2.90. The van der Waals surface area contributed by atoms with Gasteiger partial charge in [0.2, 0.25) is 11.8 Å². The lowest BCUT2D eigenvalue weighted by molar-refractivity contribution is -0.146. The lowest BCUT2D eigenvalue weighted by atomic mass is 9.49. The maximum Gasteiger partial charge on any atom is 0.226 e. The van der Waals surface area contributed by atoms with Crippen molar-refractivity contribution in [1.82, 2.24) is 10.2 Å². The minimum absolute atomic E-state index is 0.0989. The molecule has 5 aliphatic rings. The van der Waals surface area contributed by atoms with Gasteiger partial charge in [-0.3, -0.25) is 9.59 Å². The second kappa shape index (κ2) is 8.30. The van der Waals surface area contributed by atoms with Gasteiger partial charge in [0.25, 0.3) is 0 Å². The Hall–Kier alpha value is -2.62. The van der Waals surface area contributed by atoms with Crippen LogP contribution < -0.4 is 5.32 Å². The lowest BCUT2D eigenvalue weighted by Crippen LogP contribution is -2.53. The van der Waals surface area contributed by atoms with Gasteiger partial charge in [-0.2, -0.15) is 0 Å². The molecule has 4 aliphatic carbocycles. The van der Waals surface area contributed by atoms with Crippen LogP contribution in [0.2, 0.25) is 0 Å². The van der Waals surface area contributed by atoms with Crippen molar-refractivity contribution in [3.8, 4) is 11.1 Å². The van der Waals surface area contributed by atoms with Gasteiger partial charge in [-0.1, -0.05) is 48.5 Å². The molecule has 0 aromatic heterocycles. The number of nitrogens with zero attached hydrogens (tertiary/aromatic N) is 1.